The van der Waals surface area contributed by atoms with Crippen molar-refractivity contribution >= 4 is 34.0 Å². The van der Waals surface area contributed by atoms with Crippen molar-refractivity contribution < 1.29 is 18.6 Å². The summed E-state index contributed by atoms with van der Waals surface area (Å²) in [6, 6.07) is 25.9. The number of rotatable bonds is 23. The van der Waals surface area contributed by atoms with E-state index in [2.05, 4.69) is 247 Å². The molecule has 0 aliphatic carbocycles. The van der Waals surface area contributed by atoms with Crippen molar-refractivity contribution in [3.05, 3.63) is 248 Å². The third kappa shape index (κ3) is 13.1. The van der Waals surface area contributed by atoms with E-state index in [0.717, 1.165) is 140 Å². The highest BCUT2D eigenvalue weighted by molar-refractivity contribution is 6.37. The smallest absolute Gasteiger partial charge is 0.182 e. The molecule has 2 aromatic carbocycles. The van der Waals surface area contributed by atoms with Crippen LogP contribution >= 0.6 is 0 Å². The topological polar surface area (TPSA) is 82.1 Å². The lowest BCUT2D eigenvalue weighted by Gasteiger charge is -2.22. The Morgan fingerprint density at radius 3 is 1.31 bits per heavy atom. The first-order valence-electron chi connectivity index (χ1n) is 32.5. The third-order valence-electron chi connectivity index (χ3n) is 18.1. The van der Waals surface area contributed by atoms with Crippen molar-refractivity contribution in [2.75, 3.05) is 26.3 Å². The summed E-state index contributed by atoms with van der Waals surface area (Å²) in [6.07, 6.45) is 41.3. The van der Waals surface area contributed by atoms with Crippen LogP contribution in [0.4, 0.5) is 0 Å². The number of aryl methyl sites for hydroxylation is 1. The Morgan fingerprint density at radius 2 is 0.852 bits per heavy atom. The van der Waals surface area contributed by atoms with E-state index in [9.17, 15) is 0 Å². The highest BCUT2D eigenvalue weighted by Gasteiger charge is 2.34. The Balaban J connectivity index is 0.900. The van der Waals surface area contributed by atoms with Gasteiger partial charge in [0.2, 0.25) is 0 Å². The molecule has 10 heteroatoms. The molecule has 0 saturated heterocycles. The molecule has 0 atom stereocenters. The fourth-order valence-electron chi connectivity index (χ4n) is 13.0. The maximum atomic E-state index is 6.62. The largest absolute Gasteiger partial charge is 0.492 e. The van der Waals surface area contributed by atoms with Crippen molar-refractivity contribution in [2.45, 2.75) is 147 Å². The number of nitrogens with zero attached hydrogens (tertiary/aromatic N) is 8. The summed E-state index contributed by atoms with van der Waals surface area (Å²) in [5.74, 6) is 1.60. The van der Waals surface area contributed by atoms with Gasteiger partial charge in [-0.2, -0.15) is 0 Å². The Kier molecular flexibility index (Phi) is 19.3. The molecule has 88 heavy (non-hydrogen) atoms. The lowest BCUT2D eigenvalue weighted by atomic mass is 9.89. The van der Waals surface area contributed by atoms with Gasteiger partial charge in [-0.15, -0.1) is 0 Å². The zero-order chi connectivity index (χ0) is 61.3. The first-order chi connectivity index (χ1) is 43.0. The number of aromatic nitrogens is 2. The number of benzene rings is 2. The van der Waals surface area contributed by atoms with Crippen LogP contribution in [0.5, 0.6) is 11.5 Å². The second-order valence-corrected chi connectivity index (χ2v) is 23.7. The molecule has 7 aliphatic rings. The van der Waals surface area contributed by atoms with Crippen LogP contribution in [0.3, 0.4) is 0 Å². The fraction of sp³-hybridized carbons (Fsp3) is 0.333. The quantitative estimate of drug-likeness (QED) is 0.0547. The summed E-state index contributed by atoms with van der Waals surface area (Å²) < 4.78 is 17.7. The van der Waals surface area contributed by atoms with Crippen molar-refractivity contribution in [3.8, 4) is 22.6 Å². The lowest BCUT2D eigenvalue weighted by Crippen LogP contribution is -2.35. The minimum Gasteiger partial charge on any atom is -0.492 e. The normalized spacial score (nSPS) is 17.3. The van der Waals surface area contributed by atoms with Gasteiger partial charge in [-0.3, -0.25) is 0 Å². The average molecular weight is 1170 g/mol. The molecule has 2 aromatic heterocycles. The molecule has 450 valence electrons. The first kappa shape index (κ1) is 60.9. The van der Waals surface area contributed by atoms with Crippen LogP contribution in [0.15, 0.2) is 257 Å². The standard InChI is InChI=1S/C78H88N8O2/c1-11-17-19-35-83-37-27-57(28-38-83)59-31-41-85(42-32-59)45-47-87-63-25-21-23-61(49-63)73-75-53(7)65(13-3)69(79-75)51-71-67(15-5)55(9)77(81-71)74(78-56(10)68(16-6)72(82-78)52-70-66(14-4)54(8)76(73)80-70)62-24-22-26-64(50-62)88-48-46-86-43-33-60(34-44-86)58-29-39-84(40-30-58)36-20-18-12-2/h21-34,37-44,49-52H,11-20,35-36,45-48H2,1-10H3/q+2. The van der Waals surface area contributed by atoms with Crippen molar-refractivity contribution in [1.29, 1.82) is 0 Å². The Hall–Kier alpha value is -8.76. The molecular formula is C78H88N8O2+2. The molecule has 0 radical (unpaired) electrons. The number of ether oxygens (including phenoxy) is 2. The van der Waals surface area contributed by atoms with Crippen LogP contribution in [0, 0.1) is 0 Å². The van der Waals surface area contributed by atoms with Gasteiger partial charge in [-0.1, -0.05) is 85.1 Å². The summed E-state index contributed by atoms with van der Waals surface area (Å²) in [5, 5.41) is 0. The molecule has 0 saturated carbocycles. The number of fused-ring (bicyclic) bond motifs is 4. The van der Waals surface area contributed by atoms with Gasteiger partial charge in [0.25, 0.3) is 0 Å². The average Bonchev–Trinajstić information content (AvgIpc) is 3.41. The molecule has 4 aromatic rings. The molecule has 8 bridgehead atoms. The molecule has 7 aliphatic heterocycles. The van der Waals surface area contributed by atoms with Gasteiger partial charge in [-0.05, 0) is 205 Å². The maximum absolute atomic E-state index is 6.62. The number of aliphatic imine (C=N–C) groups is 4. The van der Waals surface area contributed by atoms with Gasteiger partial charge in [-0.25, -0.2) is 29.1 Å². The Morgan fingerprint density at radius 1 is 0.420 bits per heavy atom. The molecular weight excluding hydrogens is 1080 g/mol. The minimum absolute atomic E-state index is 0.510. The number of hydrogen-bond donors (Lipinski definition) is 0. The van der Waals surface area contributed by atoms with Gasteiger partial charge in [0.1, 0.15) is 31.3 Å². The third-order valence-corrected chi connectivity index (χ3v) is 18.1. The second-order valence-electron chi connectivity index (χ2n) is 23.7. The molecule has 0 fully saturated rings. The van der Waals surface area contributed by atoms with E-state index in [-0.39, 0.29) is 0 Å². The number of pyridine rings is 2. The summed E-state index contributed by atoms with van der Waals surface area (Å²) in [7, 11) is 0. The monoisotopic (exact) mass is 1170 g/mol. The number of unbranched alkanes of at least 4 members (excludes halogenated alkanes) is 4. The van der Waals surface area contributed by atoms with E-state index in [0.29, 0.717) is 26.3 Å². The molecule has 0 amide bonds. The highest BCUT2D eigenvalue weighted by Crippen LogP contribution is 2.45. The van der Waals surface area contributed by atoms with Gasteiger partial charge in [0, 0.05) is 73.2 Å². The Labute approximate surface area is 523 Å². The van der Waals surface area contributed by atoms with Crippen LogP contribution < -0.4 is 18.6 Å². The summed E-state index contributed by atoms with van der Waals surface area (Å²) in [4.78, 5) is 27.2. The zero-order valence-electron chi connectivity index (χ0n) is 53.7. The summed E-state index contributed by atoms with van der Waals surface area (Å²) in [5.41, 5.74) is 25.8. The van der Waals surface area contributed by atoms with Crippen molar-refractivity contribution in [1.82, 2.24) is 9.80 Å². The van der Waals surface area contributed by atoms with Gasteiger partial charge < -0.3 is 19.3 Å². The molecule has 11 rings (SSSR count). The minimum atomic E-state index is 0.510. The SMILES string of the molecule is CCCCCN1C=CC(=C2C=CN(CCOc3cccc(C4=C5N=C(C=C6N=C(C(C)=C6CC)C(c6cccc(OCC[n+]7ccc(-c8cc[n+](CCCCC)cc8)cc7)c6)=C6N=C(C=C7N=C4C(C)=C7CC)C(CC)=C6C)C(CC)=C5C)c3)C=C2)C=C1. The summed E-state index contributed by atoms with van der Waals surface area (Å²) >= 11 is 0. The Bertz CT molecular complexity index is 3910. The van der Waals surface area contributed by atoms with E-state index < -0.39 is 0 Å². The van der Waals surface area contributed by atoms with Gasteiger partial charge in [0.05, 0.1) is 52.2 Å². The highest BCUT2D eigenvalue weighted by atomic mass is 16.5. The van der Waals surface area contributed by atoms with Crippen LogP contribution in [-0.2, 0) is 13.1 Å². The fourth-order valence-corrected chi connectivity index (χ4v) is 13.0. The molecule has 0 unspecified atom stereocenters. The van der Waals surface area contributed by atoms with Crippen LogP contribution in [0.1, 0.15) is 145 Å². The zero-order valence-corrected chi connectivity index (χ0v) is 53.7. The molecule has 9 heterocycles. The van der Waals surface area contributed by atoms with Crippen molar-refractivity contribution in [3.63, 3.8) is 0 Å². The van der Waals surface area contributed by atoms with Crippen molar-refractivity contribution in [2.24, 2.45) is 20.0 Å². The molecule has 0 N–H and O–H groups in total. The predicted molar refractivity (Wildman–Crippen MR) is 364 cm³/mol. The van der Waals surface area contributed by atoms with Crippen LogP contribution in [-0.4, -0.2) is 58.9 Å². The maximum Gasteiger partial charge on any atom is 0.182 e. The van der Waals surface area contributed by atoms with Gasteiger partial charge >= 0.3 is 0 Å². The number of hydrogen-bond acceptors (Lipinski definition) is 8. The summed E-state index contributed by atoms with van der Waals surface area (Å²) in [6.45, 7) is 26.9. The van der Waals surface area contributed by atoms with Crippen LogP contribution in [0.25, 0.3) is 22.3 Å². The lowest BCUT2D eigenvalue weighted by molar-refractivity contribution is -0.697. The molecule has 0 spiro atoms. The van der Waals surface area contributed by atoms with E-state index in [4.69, 9.17) is 29.4 Å². The van der Waals surface area contributed by atoms with Crippen LogP contribution in [0.2, 0.25) is 0 Å². The molecule has 10 nitrogen and oxygen atoms in total. The van der Waals surface area contributed by atoms with E-state index in [1.807, 2.05) is 0 Å². The predicted octanol–water partition coefficient (Wildman–Crippen LogP) is 17.4. The number of allylic oxidation sites excluding steroid dienone is 18. The van der Waals surface area contributed by atoms with E-state index in [1.54, 1.807) is 0 Å². The van der Waals surface area contributed by atoms with Gasteiger partial charge in [0.15, 0.2) is 31.3 Å². The second kappa shape index (κ2) is 27.9. The first-order valence-corrected chi connectivity index (χ1v) is 32.5. The van der Waals surface area contributed by atoms with E-state index >= 15 is 0 Å². The van der Waals surface area contributed by atoms with E-state index in [1.165, 1.54) is 83.1 Å².